The van der Waals surface area contributed by atoms with Gasteiger partial charge in [-0.2, -0.15) is 0 Å². The van der Waals surface area contributed by atoms with Crippen molar-refractivity contribution in [2.75, 3.05) is 0 Å². The molecule has 0 aliphatic carbocycles. The van der Waals surface area contributed by atoms with E-state index in [9.17, 15) is 0 Å². The van der Waals surface area contributed by atoms with Gasteiger partial charge in [-0.3, -0.25) is 0 Å². The molecule has 0 unspecified atom stereocenters. The SMILES string of the molecule is C=CC[SiH2][CH2-].[CH3-].[CH3-].[Pt]. The van der Waals surface area contributed by atoms with Gasteiger partial charge in [0.05, 0.1) is 0 Å². The van der Waals surface area contributed by atoms with E-state index in [1.165, 1.54) is 6.04 Å². The summed E-state index contributed by atoms with van der Waals surface area (Å²) >= 11 is 0. The van der Waals surface area contributed by atoms with Gasteiger partial charge in [0.15, 0.2) is 0 Å². The van der Waals surface area contributed by atoms with E-state index in [1.807, 2.05) is 6.08 Å². The van der Waals surface area contributed by atoms with E-state index in [-0.39, 0.29) is 45.4 Å². The Morgan fingerprint density at radius 1 is 1.50 bits per heavy atom. The molecule has 0 saturated carbocycles. The third kappa shape index (κ3) is 30.3. The Labute approximate surface area is 70.8 Å². The van der Waals surface area contributed by atoms with Crippen molar-refractivity contribution < 1.29 is 21.1 Å². The summed E-state index contributed by atoms with van der Waals surface area (Å²) in [5.41, 5.74) is 0. The maximum absolute atomic E-state index is 3.74. The molecule has 0 aromatic carbocycles. The Bertz CT molecular complexity index is 29.7. The molecule has 0 aliphatic rings. The second kappa shape index (κ2) is 25.4. The van der Waals surface area contributed by atoms with Crippen LogP contribution < -0.4 is 0 Å². The molecular formula is C6H15PtSi-3. The molecule has 0 amide bonds. The molecule has 0 aromatic heterocycles. The van der Waals surface area contributed by atoms with Gasteiger partial charge in [0.2, 0.25) is 0 Å². The molecular weight excluding hydrogens is 295 g/mol. The molecule has 2 heteroatoms. The van der Waals surface area contributed by atoms with Crippen molar-refractivity contribution in [2.45, 2.75) is 6.04 Å². The minimum Gasteiger partial charge on any atom is -0.358 e. The summed E-state index contributed by atoms with van der Waals surface area (Å²) in [4.78, 5) is 0. The normalized spacial score (nSPS) is 6.12. The molecule has 8 heavy (non-hydrogen) atoms. The van der Waals surface area contributed by atoms with Crippen LogP contribution in [0.1, 0.15) is 0 Å². The monoisotopic (exact) mass is 310 g/mol. The summed E-state index contributed by atoms with van der Waals surface area (Å²) < 4.78 is 0. The average Bonchev–Trinajstić information content (AvgIpc) is 1.41. The van der Waals surface area contributed by atoms with Crippen LogP contribution in [-0.2, 0) is 21.1 Å². The average molecular weight is 310 g/mol. The Hall–Kier alpha value is 0.645. The van der Waals surface area contributed by atoms with Gasteiger partial charge in [-0.1, -0.05) is 12.1 Å². The van der Waals surface area contributed by atoms with Crippen LogP contribution in [0.4, 0.5) is 0 Å². The Morgan fingerprint density at radius 2 is 1.88 bits per heavy atom. The molecule has 0 rings (SSSR count). The predicted molar refractivity (Wildman–Crippen MR) is 41.7 cm³/mol. The minimum atomic E-state index is 0. The van der Waals surface area contributed by atoms with Crippen LogP contribution in [0, 0.1) is 21.4 Å². The Morgan fingerprint density at radius 3 is 1.88 bits per heavy atom. The largest absolute Gasteiger partial charge is 0.358 e. The topological polar surface area (TPSA) is 0 Å². The molecule has 0 bridgehead atoms. The summed E-state index contributed by atoms with van der Waals surface area (Å²) in [7, 11) is 0.0459. The van der Waals surface area contributed by atoms with E-state index in [2.05, 4.69) is 13.1 Å². The number of hydrogen-bond acceptors (Lipinski definition) is 0. The van der Waals surface area contributed by atoms with E-state index in [0.717, 1.165) is 0 Å². The number of hydrogen-bond donors (Lipinski definition) is 0. The molecule has 0 aliphatic heterocycles. The van der Waals surface area contributed by atoms with E-state index < -0.39 is 0 Å². The molecule has 0 nitrogen and oxygen atoms in total. The van der Waals surface area contributed by atoms with Crippen LogP contribution in [0.3, 0.4) is 0 Å². The van der Waals surface area contributed by atoms with Crippen molar-refractivity contribution in [3.8, 4) is 0 Å². The van der Waals surface area contributed by atoms with E-state index in [4.69, 9.17) is 0 Å². The summed E-state index contributed by atoms with van der Waals surface area (Å²) in [6, 6.07) is 1.18. The van der Waals surface area contributed by atoms with Gasteiger partial charge in [0, 0.05) is 21.1 Å². The van der Waals surface area contributed by atoms with Crippen molar-refractivity contribution in [3.63, 3.8) is 0 Å². The first kappa shape index (κ1) is 23.4. The zero-order valence-electron chi connectivity index (χ0n) is 5.72. The van der Waals surface area contributed by atoms with E-state index in [1.54, 1.807) is 0 Å². The molecule has 0 aromatic rings. The number of rotatable bonds is 2. The van der Waals surface area contributed by atoms with Gasteiger partial charge in [-0.15, -0.1) is 16.1 Å². The van der Waals surface area contributed by atoms with Crippen molar-refractivity contribution >= 4 is 9.52 Å². The molecule has 0 fully saturated rings. The smallest absolute Gasteiger partial charge is 0 e. The van der Waals surface area contributed by atoms with Gasteiger partial charge in [0.25, 0.3) is 0 Å². The molecule has 0 heterocycles. The van der Waals surface area contributed by atoms with Crippen molar-refractivity contribution in [2.24, 2.45) is 0 Å². The third-order valence-electron chi connectivity index (χ3n) is 0.408. The zero-order chi connectivity index (χ0) is 4.12. The van der Waals surface area contributed by atoms with Crippen LogP contribution >= 0.6 is 0 Å². The Kier molecular flexibility index (Phi) is 74.4. The molecule has 56 valence electrons. The first-order valence-electron chi connectivity index (χ1n) is 1.82. The number of allylic oxidation sites excluding steroid dienone is 1. The van der Waals surface area contributed by atoms with Crippen molar-refractivity contribution in [1.29, 1.82) is 0 Å². The molecule has 0 atom stereocenters. The van der Waals surface area contributed by atoms with Crippen molar-refractivity contribution in [3.05, 3.63) is 34.1 Å². The first-order chi connectivity index (χ1) is 2.41. The van der Waals surface area contributed by atoms with Gasteiger partial charge >= 0.3 is 0 Å². The second-order valence-electron chi connectivity index (χ2n) is 0.931. The van der Waals surface area contributed by atoms with Gasteiger partial charge < -0.3 is 21.4 Å². The quantitative estimate of drug-likeness (QED) is 0.411. The molecule has 0 radical (unpaired) electrons. The van der Waals surface area contributed by atoms with Crippen LogP contribution in [-0.4, -0.2) is 9.52 Å². The fourth-order valence-corrected chi connectivity index (χ4v) is 0.433. The second-order valence-corrected chi connectivity index (χ2v) is 2.22. The third-order valence-corrected chi connectivity index (χ3v) is 1.22. The van der Waals surface area contributed by atoms with Crippen molar-refractivity contribution in [1.82, 2.24) is 0 Å². The maximum Gasteiger partial charge on any atom is 0 e. The van der Waals surface area contributed by atoms with Crippen LogP contribution in [0.25, 0.3) is 0 Å². The first-order valence-corrected chi connectivity index (χ1v) is 3.82. The molecule has 0 saturated heterocycles. The zero-order valence-corrected chi connectivity index (χ0v) is 9.41. The molecule has 0 spiro atoms. The van der Waals surface area contributed by atoms with Gasteiger partial charge in [0.1, 0.15) is 0 Å². The van der Waals surface area contributed by atoms with Crippen LogP contribution in [0.5, 0.6) is 0 Å². The summed E-state index contributed by atoms with van der Waals surface area (Å²) in [6.07, 6.45) is 1.93. The standard InChI is InChI=1S/C4H9Si.2CH3.Pt/c1-3-4-5-2;;;/h3H,1-2,4-5H2;2*1H3;/q3*-1;. The fraction of sp³-hybridized carbons (Fsp3) is 0.167. The van der Waals surface area contributed by atoms with Gasteiger partial charge in [-0.25, -0.2) is 0 Å². The summed E-state index contributed by atoms with van der Waals surface area (Å²) in [5.74, 6) is 0. The van der Waals surface area contributed by atoms with Crippen LogP contribution in [0.2, 0.25) is 6.04 Å². The maximum atomic E-state index is 3.74. The fourth-order valence-electron chi connectivity index (χ4n) is 0.144. The summed E-state index contributed by atoms with van der Waals surface area (Å²) in [5, 5.41) is 0. The van der Waals surface area contributed by atoms with Gasteiger partial charge in [-0.05, 0) is 0 Å². The Balaban J connectivity index is -0.0000000267. The van der Waals surface area contributed by atoms with E-state index in [0.29, 0.717) is 0 Å². The van der Waals surface area contributed by atoms with Crippen LogP contribution in [0.15, 0.2) is 12.7 Å². The van der Waals surface area contributed by atoms with E-state index >= 15 is 0 Å². The molecule has 0 N–H and O–H groups in total. The predicted octanol–water partition coefficient (Wildman–Crippen LogP) is 1.45. The summed E-state index contributed by atoms with van der Waals surface area (Å²) in [6.45, 7) is 7.29. The minimum absolute atomic E-state index is 0.